The Morgan fingerprint density at radius 3 is 2.70 bits per heavy atom. The lowest BCUT2D eigenvalue weighted by atomic mass is 10.0. The number of anilines is 1. The number of rotatable bonds is 3. The van der Waals surface area contributed by atoms with E-state index in [1.165, 1.54) is 19.2 Å². The minimum absolute atomic E-state index is 0.0602. The number of nitrogens with zero attached hydrogens (tertiary/aromatic N) is 1. The van der Waals surface area contributed by atoms with Gasteiger partial charge in [-0.25, -0.2) is 9.78 Å². The fourth-order valence-corrected chi connectivity index (χ4v) is 1.96. The highest BCUT2D eigenvalue weighted by Gasteiger charge is 2.13. The number of aromatic carboxylic acids is 1. The molecule has 0 aliphatic carbocycles. The van der Waals surface area contributed by atoms with Crippen molar-refractivity contribution in [3.8, 4) is 11.1 Å². The van der Waals surface area contributed by atoms with Gasteiger partial charge in [-0.2, -0.15) is 0 Å². The molecule has 1 aromatic heterocycles. The number of benzene rings is 1. The fraction of sp³-hybridized carbons (Fsp3) is 0.0714. The Labute approximate surface area is 120 Å². The van der Waals surface area contributed by atoms with Crippen molar-refractivity contribution in [3.05, 3.63) is 47.2 Å². The fourth-order valence-electron chi connectivity index (χ4n) is 1.80. The molecule has 2 rings (SSSR count). The molecule has 6 heteroatoms. The number of carbonyl (C=O) groups excluding carboxylic acids is 1. The molecule has 0 spiro atoms. The van der Waals surface area contributed by atoms with Crippen LogP contribution in [0, 0.1) is 0 Å². The molecule has 0 aliphatic rings. The lowest BCUT2D eigenvalue weighted by Crippen LogP contribution is -2.06. The lowest BCUT2D eigenvalue weighted by Gasteiger charge is -2.08. The number of carboxylic acid groups (broad SMARTS) is 1. The first-order chi connectivity index (χ1) is 9.47. The van der Waals surface area contributed by atoms with Crippen LogP contribution >= 0.6 is 11.6 Å². The first-order valence-corrected chi connectivity index (χ1v) is 6.12. The van der Waals surface area contributed by atoms with Crippen molar-refractivity contribution in [1.29, 1.82) is 0 Å². The van der Waals surface area contributed by atoms with Gasteiger partial charge in [-0.05, 0) is 23.8 Å². The van der Waals surface area contributed by atoms with Crippen LogP contribution in [0.15, 0.2) is 36.5 Å². The first kappa shape index (κ1) is 14.0. The average Bonchev–Trinajstić information content (AvgIpc) is 2.38. The quantitative estimate of drug-likeness (QED) is 0.852. The van der Waals surface area contributed by atoms with Crippen LogP contribution in [0.2, 0.25) is 5.15 Å². The number of carboxylic acids is 1. The van der Waals surface area contributed by atoms with E-state index in [0.29, 0.717) is 16.8 Å². The Kier molecular flexibility index (Phi) is 4.00. The number of halogens is 1. The molecule has 0 radical (unpaired) electrons. The van der Waals surface area contributed by atoms with Crippen molar-refractivity contribution in [2.45, 2.75) is 6.92 Å². The maximum Gasteiger partial charge on any atom is 0.336 e. The predicted octanol–water partition coefficient (Wildman–Crippen LogP) is 3.06. The molecular weight excluding hydrogens is 280 g/mol. The van der Waals surface area contributed by atoms with Crippen LogP contribution in [0.5, 0.6) is 0 Å². The van der Waals surface area contributed by atoms with Crippen molar-refractivity contribution in [2.75, 3.05) is 5.32 Å². The zero-order valence-electron chi connectivity index (χ0n) is 10.6. The second-order valence-corrected chi connectivity index (χ2v) is 4.51. The maximum atomic E-state index is 11.3. The lowest BCUT2D eigenvalue weighted by molar-refractivity contribution is -0.114. The highest BCUT2D eigenvalue weighted by Crippen LogP contribution is 2.27. The van der Waals surface area contributed by atoms with Gasteiger partial charge in [0.2, 0.25) is 5.91 Å². The summed E-state index contributed by atoms with van der Waals surface area (Å²) in [5.74, 6) is -1.29. The molecular formula is C14H11ClN2O3. The summed E-state index contributed by atoms with van der Waals surface area (Å²) < 4.78 is 0. The molecule has 1 aromatic carbocycles. The molecule has 5 nitrogen and oxygen atoms in total. The SMILES string of the molecule is CC(=O)Nc1cccc(-c2cnc(Cl)cc2C(=O)O)c1. The number of carbonyl (C=O) groups is 2. The zero-order valence-corrected chi connectivity index (χ0v) is 11.3. The van der Waals surface area contributed by atoms with Gasteiger partial charge >= 0.3 is 5.97 Å². The van der Waals surface area contributed by atoms with E-state index in [-0.39, 0.29) is 16.6 Å². The molecule has 1 amide bonds. The summed E-state index contributed by atoms with van der Waals surface area (Å²) in [6, 6.07) is 8.15. The molecule has 0 saturated heterocycles. The standard InChI is InChI=1S/C14H11ClN2O3/c1-8(18)17-10-4-2-3-9(5-10)12-7-16-13(15)6-11(12)14(19)20/h2-7H,1H3,(H,17,18)(H,19,20). The van der Waals surface area contributed by atoms with Crippen LogP contribution in [0.4, 0.5) is 5.69 Å². The van der Waals surface area contributed by atoms with Gasteiger partial charge in [-0.15, -0.1) is 0 Å². The van der Waals surface area contributed by atoms with E-state index in [2.05, 4.69) is 10.3 Å². The zero-order chi connectivity index (χ0) is 14.7. The van der Waals surface area contributed by atoms with Crippen molar-refractivity contribution in [2.24, 2.45) is 0 Å². The monoisotopic (exact) mass is 290 g/mol. The van der Waals surface area contributed by atoms with Gasteiger partial charge in [0.25, 0.3) is 0 Å². The topological polar surface area (TPSA) is 79.3 Å². The smallest absolute Gasteiger partial charge is 0.336 e. The molecule has 0 fully saturated rings. The predicted molar refractivity (Wildman–Crippen MR) is 75.9 cm³/mol. The highest BCUT2D eigenvalue weighted by atomic mass is 35.5. The minimum atomic E-state index is -1.09. The Morgan fingerprint density at radius 1 is 1.30 bits per heavy atom. The number of hydrogen-bond acceptors (Lipinski definition) is 3. The van der Waals surface area contributed by atoms with Crippen molar-refractivity contribution < 1.29 is 14.7 Å². The van der Waals surface area contributed by atoms with Crippen LogP contribution < -0.4 is 5.32 Å². The highest BCUT2D eigenvalue weighted by molar-refractivity contribution is 6.29. The summed E-state index contributed by atoms with van der Waals surface area (Å²) >= 11 is 5.72. The van der Waals surface area contributed by atoms with E-state index >= 15 is 0 Å². The normalized spacial score (nSPS) is 10.1. The summed E-state index contributed by atoms with van der Waals surface area (Å²) in [4.78, 5) is 26.2. The maximum absolute atomic E-state index is 11.3. The van der Waals surface area contributed by atoms with E-state index in [9.17, 15) is 14.7 Å². The number of pyridine rings is 1. The van der Waals surface area contributed by atoms with E-state index in [4.69, 9.17) is 11.6 Å². The Balaban J connectivity index is 2.51. The van der Waals surface area contributed by atoms with Crippen LogP contribution in [0.3, 0.4) is 0 Å². The van der Waals surface area contributed by atoms with Crippen LogP contribution in [-0.4, -0.2) is 22.0 Å². The van der Waals surface area contributed by atoms with Gasteiger partial charge in [-0.1, -0.05) is 23.7 Å². The van der Waals surface area contributed by atoms with Gasteiger partial charge in [0.15, 0.2) is 0 Å². The van der Waals surface area contributed by atoms with Gasteiger partial charge in [0, 0.05) is 24.4 Å². The van der Waals surface area contributed by atoms with Crippen molar-refractivity contribution >= 4 is 29.2 Å². The van der Waals surface area contributed by atoms with E-state index < -0.39 is 5.97 Å². The number of hydrogen-bond donors (Lipinski definition) is 2. The molecule has 0 aliphatic heterocycles. The molecule has 2 aromatic rings. The van der Waals surface area contributed by atoms with Crippen molar-refractivity contribution in [1.82, 2.24) is 4.98 Å². The Hall–Kier alpha value is -2.40. The largest absolute Gasteiger partial charge is 0.478 e. The van der Waals surface area contributed by atoms with E-state index in [1.54, 1.807) is 24.3 Å². The summed E-state index contributed by atoms with van der Waals surface area (Å²) in [6.07, 6.45) is 1.40. The van der Waals surface area contributed by atoms with Crippen LogP contribution in [0.25, 0.3) is 11.1 Å². The Bertz CT molecular complexity index is 686. The average molecular weight is 291 g/mol. The minimum Gasteiger partial charge on any atom is -0.478 e. The van der Waals surface area contributed by atoms with Crippen LogP contribution in [0.1, 0.15) is 17.3 Å². The third-order valence-electron chi connectivity index (χ3n) is 2.59. The Morgan fingerprint density at radius 2 is 2.05 bits per heavy atom. The number of nitrogens with one attached hydrogen (secondary N) is 1. The first-order valence-electron chi connectivity index (χ1n) is 5.74. The second-order valence-electron chi connectivity index (χ2n) is 4.12. The summed E-state index contributed by atoms with van der Waals surface area (Å²) in [5.41, 5.74) is 1.72. The summed E-state index contributed by atoms with van der Waals surface area (Å²) in [6.45, 7) is 1.40. The molecule has 1 heterocycles. The van der Waals surface area contributed by atoms with Gasteiger partial charge in [0.05, 0.1) is 5.56 Å². The molecule has 0 saturated carbocycles. The molecule has 20 heavy (non-hydrogen) atoms. The van der Waals surface area contributed by atoms with E-state index in [1.807, 2.05) is 0 Å². The summed E-state index contributed by atoms with van der Waals surface area (Å²) in [7, 11) is 0. The van der Waals surface area contributed by atoms with Gasteiger partial charge in [-0.3, -0.25) is 4.79 Å². The molecule has 2 N–H and O–H groups in total. The molecule has 0 unspecified atom stereocenters. The van der Waals surface area contributed by atoms with E-state index in [0.717, 1.165) is 0 Å². The van der Waals surface area contributed by atoms with Gasteiger partial charge in [0.1, 0.15) is 5.15 Å². The van der Waals surface area contributed by atoms with Gasteiger partial charge < -0.3 is 10.4 Å². The molecule has 0 bridgehead atoms. The third-order valence-corrected chi connectivity index (χ3v) is 2.80. The third kappa shape index (κ3) is 3.13. The number of amides is 1. The second kappa shape index (κ2) is 5.71. The molecule has 102 valence electrons. The van der Waals surface area contributed by atoms with Crippen LogP contribution in [-0.2, 0) is 4.79 Å². The van der Waals surface area contributed by atoms with Crippen molar-refractivity contribution in [3.63, 3.8) is 0 Å². The molecule has 0 atom stereocenters. The number of aromatic nitrogens is 1. The summed E-state index contributed by atoms with van der Waals surface area (Å²) in [5, 5.41) is 12.0.